The first kappa shape index (κ1) is 19.4. The molecule has 4 aromatic rings. The second-order valence-electron chi connectivity index (χ2n) is 7.61. The van der Waals surface area contributed by atoms with E-state index in [-0.39, 0.29) is 22.5 Å². The molecule has 0 N–H and O–H groups in total. The Labute approximate surface area is 185 Å². The quantitative estimate of drug-likeness (QED) is 0.436. The average molecular weight is 448 g/mol. The number of hydrogen-bond acceptors (Lipinski definition) is 6. The molecule has 2 aromatic heterocycles. The molecule has 6 rings (SSSR count). The van der Waals surface area contributed by atoms with Gasteiger partial charge in [0.2, 0.25) is 0 Å². The number of hydrogen-bond donors (Lipinski definition) is 0. The highest BCUT2D eigenvalue weighted by molar-refractivity contribution is 6.37. The Bertz CT molecular complexity index is 1510. The van der Waals surface area contributed by atoms with Crippen molar-refractivity contribution in [1.82, 2.24) is 14.8 Å². The highest BCUT2D eigenvalue weighted by atomic mass is 19.1. The summed E-state index contributed by atoms with van der Waals surface area (Å²) in [7, 11) is 0. The van der Waals surface area contributed by atoms with Crippen molar-refractivity contribution in [2.24, 2.45) is 0 Å². The van der Waals surface area contributed by atoms with Gasteiger partial charge in [-0.3, -0.25) is 9.59 Å². The van der Waals surface area contributed by atoms with Crippen molar-refractivity contribution in [3.63, 3.8) is 0 Å². The number of halogens is 2. The number of carbonyl (C=O) groups is 2. The normalized spacial score (nSPS) is 14.8. The van der Waals surface area contributed by atoms with Gasteiger partial charge in [0.1, 0.15) is 24.7 Å². The summed E-state index contributed by atoms with van der Waals surface area (Å²) >= 11 is 0. The lowest BCUT2D eigenvalue weighted by Gasteiger charge is -2.21. The number of anilines is 1. The first-order chi connectivity index (χ1) is 15.9. The van der Waals surface area contributed by atoms with E-state index in [0.29, 0.717) is 41.5 Å². The van der Waals surface area contributed by atoms with E-state index < -0.39 is 23.4 Å². The smallest absolute Gasteiger partial charge is 0.267 e. The van der Waals surface area contributed by atoms with E-state index in [9.17, 15) is 18.4 Å². The van der Waals surface area contributed by atoms with Crippen LogP contribution in [0.15, 0.2) is 42.6 Å². The topological polar surface area (TPSA) is 86.6 Å². The molecule has 10 heteroatoms. The van der Waals surface area contributed by atoms with Crippen LogP contribution in [0.4, 0.5) is 14.5 Å². The Morgan fingerprint density at radius 1 is 0.970 bits per heavy atom. The fourth-order valence-corrected chi connectivity index (χ4v) is 4.19. The second kappa shape index (κ2) is 6.83. The largest absolute Gasteiger partial charge is 0.486 e. The maximum Gasteiger partial charge on any atom is 0.267 e. The number of amides is 2. The molecule has 0 saturated heterocycles. The molecule has 0 aliphatic carbocycles. The summed E-state index contributed by atoms with van der Waals surface area (Å²) in [5, 5.41) is 4.64. The third kappa shape index (κ3) is 2.73. The van der Waals surface area contributed by atoms with Crippen molar-refractivity contribution in [3.05, 3.63) is 71.1 Å². The number of fused-ring (bicyclic) bond motifs is 4. The third-order valence-electron chi connectivity index (χ3n) is 5.64. The van der Waals surface area contributed by atoms with E-state index >= 15 is 0 Å². The second-order valence-corrected chi connectivity index (χ2v) is 7.61. The third-order valence-corrected chi connectivity index (χ3v) is 5.64. The van der Waals surface area contributed by atoms with Crippen molar-refractivity contribution < 1.29 is 27.8 Å². The van der Waals surface area contributed by atoms with Gasteiger partial charge in [-0.15, -0.1) is 0 Å². The van der Waals surface area contributed by atoms with Gasteiger partial charge >= 0.3 is 0 Å². The number of carbonyl (C=O) groups excluding carboxylic acids is 2. The van der Waals surface area contributed by atoms with Crippen molar-refractivity contribution in [1.29, 1.82) is 0 Å². The highest BCUT2D eigenvalue weighted by Gasteiger charge is 2.40. The monoisotopic (exact) mass is 448 g/mol. The number of benzene rings is 2. The van der Waals surface area contributed by atoms with Gasteiger partial charge in [0, 0.05) is 18.3 Å². The van der Waals surface area contributed by atoms with Crippen molar-refractivity contribution in [2.45, 2.75) is 6.92 Å². The van der Waals surface area contributed by atoms with Crippen molar-refractivity contribution in [2.75, 3.05) is 18.1 Å². The van der Waals surface area contributed by atoms with Crippen LogP contribution in [-0.2, 0) is 0 Å². The van der Waals surface area contributed by atoms with E-state index in [1.165, 1.54) is 16.9 Å². The number of rotatable bonds is 2. The zero-order valence-corrected chi connectivity index (χ0v) is 17.1. The Balaban J connectivity index is 1.50. The molecule has 0 spiro atoms. The molecule has 164 valence electrons. The lowest BCUT2D eigenvalue weighted by molar-refractivity contribution is 0.0926. The maximum absolute atomic E-state index is 14.4. The molecule has 4 heterocycles. The SMILES string of the molecule is Cc1nn(-c2ccc(F)cc2F)c2ncc3c(c12)C(=O)N(c1ccc2c(c1)OCCO2)C3=O. The number of pyridine rings is 1. The number of nitrogens with zero attached hydrogens (tertiary/aromatic N) is 4. The molecule has 0 bridgehead atoms. The molecule has 0 saturated carbocycles. The molecule has 2 amide bonds. The molecule has 0 radical (unpaired) electrons. The number of aryl methyl sites for hydroxylation is 1. The van der Waals surface area contributed by atoms with Gasteiger partial charge in [0.05, 0.1) is 27.9 Å². The Hall–Kier alpha value is -4.34. The average Bonchev–Trinajstić information content (AvgIpc) is 3.27. The van der Waals surface area contributed by atoms with Crippen LogP contribution in [0.5, 0.6) is 11.5 Å². The molecule has 8 nitrogen and oxygen atoms in total. The predicted octanol–water partition coefficient (Wildman–Crippen LogP) is 3.58. The minimum absolute atomic E-state index is 0.0255. The van der Waals surface area contributed by atoms with Crippen LogP contribution in [0, 0.1) is 18.6 Å². The summed E-state index contributed by atoms with van der Waals surface area (Å²) in [6, 6.07) is 7.90. The molecule has 0 unspecified atom stereocenters. The summed E-state index contributed by atoms with van der Waals surface area (Å²) in [6.07, 6.45) is 1.27. The number of aromatic nitrogens is 3. The summed E-state index contributed by atoms with van der Waals surface area (Å²) < 4.78 is 40.1. The minimum atomic E-state index is -0.831. The fraction of sp³-hybridized carbons (Fsp3) is 0.130. The molecular formula is C23H14F2N4O4. The van der Waals surface area contributed by atoms with E-state index in [2.05, 4.69) is 10.1 Å². The molecule has 2 aromatic carbocycles. The lowest BCUT2D eigenvalue weighted by Crippen LogP contribution is -2.29. The Kier molecular flexibility index (Phi) is 4.00. The zero-order valence-electron chi connectivity index (χ0n) is 17.1. The highest BCUT2D eigenvalue weighted by Crippen LogP contribution is 2.39. The van der Waals surface area contributed by atoms with Crippen LogP contribution >= 0.6 is 0 Å². The van der Waals surface area contributed by atoms with Gasteiger partial charge in [0.15, 0.2) is 23.0 Å². The fourth-order valence-electron chi connectivity index (χ4n) is 4.19. The van der Waals surface area contributed by atoms with Crippen molar-refractivity contribution in [3.8, 4) is 17.2 Å². The summed E-state index contributed by atoms with van der Waals surface area (Å²) in [5.41, 5.74) is 1.11. The lowest BCUT2D eigenvalue weighted by atomic mass is 10.1. The molecule has 0 fully saturated rings. The summed E-state index contributed by atoms with van der Waals surface area (Å²) in [6.45, 7) is 2.41. The number of ether oxygens (including phenoxy) is 2. The van der Waals surface area contributed by atoms with Crippen LogP contribution in [0.2, 0.25) is 0 Å². The number of imide groups is 1. The van der Waals surface area contributed by atoms with Gasteiger partial charge in [-0.05, 0) is 31.2 Å². The van der Waals surface area contributed by atoms with E-state index in [4.69, 9.17) is 9.47 Å². The molecule has 33 heavy (non-hydrogen) atoms. The van der Waals surface area contributed by atoms with Crippen molar-refractivity contribution >= 4 is 28.5 Å². The first-order valence-corrected chi connectivity index (χ1v) is 10.1. The zero-order chi connectivity index (χ0) is 22.9. The molecular weight excluding hydrogens is 434 g/mol. The molecule has 0 atom stereocenters. The first-order valence-electron chi connectivity index (χ1n) is 10.1. The minimum Gasteiger partial charge on any atom is -0.486 e. The van der Waals surface area contributed by atoms with Crippen LogP contribution in [0.25, 0.3) is 16.7 Å². The Morgan fingerprint density at radius 2 is 1.76 bits per heavy atom. The molecule has 2 aliphatic rings. The van der Waals surface area contributed by atoms with Crippen LogP contribution < -0.4 is 14.4 Å². The van der Waals surface area contributed by atoms with Gasteiger partial charge in [0.25, 0.3) is 11.8 Å². The van der Waals surface area contributed by atoms with Gasteiger partial charge in [-0.2, -0.15) is 5.10 Å². The standard InChI is InChI=1S/C23H14F2N4O4/c1-11-19-20-14(10-26-21(19)29(27-11)16-4-2-12(24)8-15(16)25)22(30)28(23(20)31)13-3-5-17-18(9-13)33-7-6-32-17/h2-5,8-10H,6-7H2,1H3. The Morgan fingerprint density at radius 3 is 2.55 bits per heavy atom. The van der Waals surface area contributed by atoms with Crippen LogP contribution in [-0.4, -0.2) is 39.8 Å². The van der Waals surface area contributed by atoms with Gasteiger partial charge < -0.3 is 9.47 Å². The van der Waals surface area contributed by atoms with Crippen LogP contribution in [0.3, 0.4) is 0 Å². The molecule has 2 aliphatic heterocycles. The predicted molar refractivity (Wildman–Crippen MR) is 112 cm³/mol. The van der Waals surface area contributed by atoms with Crippen LogP contribution in [0.1, 0.15) is 26.4 Å². The van der Waals surface area contributed by atoms with E-state index in [1.54, 1.807) is 25.1 Å². The van der Waals surface area contributed by atoms with E-state index in [0.717, 1.165) is 17.0 Å². The maximum atomic E-state index is 14.4. The van der Waals surface area contributed by atoms with Gasteiger partial charge in [-0.1, -0.05) is 0 Å². The summed E-state index contributed by atoms with van der Waals surface area (Å²) in [5.74, 6) is -1.68. The summed E-state index contributed by atoms with van der Waals surface area (Å²) in [4.78, 5) is 31.9. The van der Waals surface area contributed by atoms with E-state index in [1.807, 2.05) is 0 Å². The van der Waals surface area contributed by atoms with Gasteiger partial charge in [-0.25, -0.2) is 23.3 Å².